The topological polar surface area (TPSA) is 47.4 Å². The zero-order valence-corrected chi connectivity index (χ0v) is 14.0. The van der Waals surface area contributed by atoms with Gasteiger partial charge in [0.25, 0.3) is 5.91 Å². The summed E-state index contributed by atoms with van der Waals surface area (Å²) < 4.78 is 7.82. The minimum absolute atomic E-state index is 0.0115. The lowest BCUT2D eigenvalue weighted by molar-refractivity contribution is 0.0159. The SMILES string of the molecule is Cc1cccc(OC2CN(C(=O)c3ccc(-n4cccc4)cc3)C2)n1. The number of hydrogen-bond acceptors (Lipinski definition) is 3. The number of likely N-dealkylation sites (tertiary alicyclic amines) is 1. The summed E-state index contributed by atoms with van der Waals surface area (Å²) in [6.07, 6.45) is 3.97. The maximum atomic E-state index is 12.5. The van der Waals surface area contributed by atoms with Gasteiger partial charge in [-0.3, -0.25) is 4.79 Å². The Kier molecular flexibility index (Phi) is 3.98. The summed E-state index contributed by atoms with van der Waals surface area (Å²) in [5.74, 6) is 0.657. The third-order valence-electron chi connectivity index (χ3n) is 4.30. The zero-order valence-electron chi connectivity index (χ0n) is 14.0. The monoisotopic (exact) mass is 333 g/mol. The van der Waals surface area contributed by atoms with Crippen molar-refractivity contribution in [3.8, 4) is 11.6 Å². The maximum Gasteiger partial charge on any atom is 0.254 e. The van der Waals surface area contributed by atoms with Crippen LogP contribution in [-0.4, -0.2) is 39.6 Å². The van der Waals surface area contributed by atoms with Crippen molar-refractivity contribution in [1.82, 2.24) is 14.5 Å². The normalized spacial score (nSPS) is 14.2. The molecule has 1 amide bonds. The highest BCUT2D eigenvalue weighted by atomic mass is 16.5. The van der Waals surface area contributed by atoms with Crippen LogP contribution in [0.15, 0.2) is 67.0 Å². The van der Waals surface area contributed by atoms with Crippen LogP contribution in [0.4, 0.5) is 0 Å². The van der Waals surface area contributed by atoms with Crippen LogP contribution in [0.5, 0.6) is 5.88 Å². The quantitative estimate of drug-likeness (QED) is 0.737. The van der Waals surface area contributed by atoms with E-state index in [1.807, 2.05) is 78.5 Å². The van der Waals surface area contributed by atoms with E-state index >= 15 is 0 Å². The lowest BCUT2D eigenvalue weighted by Gasteiger charge is -2.38. The van der Waals surface area contributed by atoms with Gasteiger partial charge in [0.15, 0.2) is 0 Å². The van der Waals surface area contributed by atoms with Crippen LogP contribution in [0.25, 0.3) is 5.69 Å². The van der Waals surface area contributed by atoms with Gasteiger partial charge in [-0.2, -0.15) is 0 Å². The number of pyridine rings is 1. The molecule has 0 saturated carbocycles. The second-order valence-electron chi connectivity index (χ2n) is 6.20. The Labute approximate surface area is 146 Å². The van der Waals surface area contributed by atoms with E-state index < -0.39 is 0 Å². The zero-order chi connectivity index (χ0) is 17.2. The smallest absolute Gasteiger partial charge is 0.254 e. The number of aryl methyl sites for hydroxylation is 1. The highest BCUT2D eigenvalue weighted by Crippen LogP contribution is 2.19. The van der Waals surface area contributed by atoms with E-state index in [2.05, 4.69) is 4.98 Å². The first-order chi connectivity index (χ1) is 12.2. The minimum Gasteiger partial charge on any atom is -0.471 e. The molecule has 5 heteroatoms. The molecule has 3 aromatic rings. The Morgan fingerprint density at radius 1 is 1.04 bits per heavy atom. The number of carbonyl (C=O) groups excluding carboxylic acids is 1. The second kappa shape index (κ2) is 6.43. The number of benzene rings is 1. The lowest BCUT2D eigenvalue weighted by Crippen LogP contribution is -2.56. The minimum atomic E-state index is 0.0115. The van der Waals surface area contributed by atoms with Gasteiger partial charge in [-0.15, -0.1) is 0 Å². The molecule has 5 nitrogen and oxygen atoms in total. The van der Waals surface area contributed by atoms with Crippen LogP contribution in [0.1, 0.15) is 16.1 Å². The third-order valence-corrected chi connectivity index (χ3v) is 4.30. The standard InChI is InChI=1S/C20H19N3O2/c1-15-5-4-6-19(21-15)25-18-13-23(14-18)20(24)16-7-9-17(10-8-16)22-11-2-3-12-22/h2-12,18H,13-14H2,1H3. The summed E-state index contributed by atoms with van der Waals surface area (Å²) >= 11 is 0. The molecule has 0 aliphatic carbocycles. The van der Waals surface area contributed by atoms with Crippen LogP contribution in [-0.2, 0) is 0 Å². The molecular formula is C20H19N3O2. The first-order valence-electron chi connectivity index (χ1n) is 8.32. The Morgan fingerprint density at radius 3 is 2.44 bits per heavy atom. The number of amides is 1. The van der Waals surface area contributed by atoms with E-state index in [-0.39, 0.29) is 12.0 Å². The van der Waals surface area contributed by atoms with Gasteiger partial charge in [-0.25, -0.2) is 4.98 Å². The Bertz CT molecular complexity index is 866. The molecule has 25 heavy (non-hydrogen) atoms. The first-order valence-corrected chi connectivity index (χ1v) is 8.32. The molecular weight excluding hydrogens is 314 g/mol. The molecule has 0 atom stereocenters. The Morgan fingerprint density at radius 2 is 1.76 bits per heavy atom. The molecule has 1 aromatic carbocycles. The van der Waals surface area contributed by atoms with Crippen molar-refractivity contribution in [1.29, 1.82) is 0 Å². The number of carbonyl (C=O) groups is 1. The van der Waals surface area contributed by atoms with Crippen LogP contribution in [0, 0.1) is 6.92 Å². The average molecular weight is 333 g/mol. The van der Waals surface area contributed by atoms with Gasteiger partial charge in [-0.1, -0.05) is 6.07 Å². The predicted molar refractivity (Wildman–Crippen MR) is 95.1 cm³/mol. The summed E-state index contributed by atoms with van der Waals surface area (Å²) in [4.78, 5) is 18.7. The number of ether oxygens (including phenoxy) is 1. The van der Waals surface area contributed by atoms with E-state index in [4.69, 9.17) is 4.74 Å². The van der Waals surface area contributed by atoms with Gasteiger partial charge in [0.1, 0.15) is 6.10 Å². The molecule has 1 fully saturated rings. The molecule has 2 aromatic heterocycles. The van der Waals surface area contributed by atoms with Crippen LogP contribution in [0.2, 0.25) is 0 Å². The van der Waals surface area contributed by atoms with E-state index in [1.165, 1.54) is 0 Å². The molecule has 1 aliphatic heterocycles. The van der Waals surface area contributed by atoms with Gasteiger partial charge in [0, 0.05) is 35.4 Å². The van der Waals surface area contributed by atoms with Crippen molar-refractivity contribution in [2.75, 3.05) is 13.1 Å². The molecule has 0 N–H and O–H groups in total. The molecule has 1 aliphatic rings. The summed E-state index contributed by atoms with van der Waals surface area (Å²) in [6.45, 7) is 3.11. The molecule has 0 radical (unpaired) electrons. The third kappa shape index (κ3) is 3.26. The second-order valence-corrected chi connectivity index (χ2v) is 6.20. The van der Waals surface area contributed by atoms with Crippen molar-refractivity contribution in [2.45, 2.75) is 13.0 Å². The summed E-state index contributed by atoms with van der Waals surface area (Å²) in [5.41, 5.74) is 2.66. The highest BCUT2D eigenvalue weighted by Gasteiger charge is 2.33. The fraction of sp³-hybridized carbons (Fsp3) is 0.200. The lowest BCUT2D eigenvalue weighted by atomic mass is 10.1. The summed E-state index contributed by atoms with van der Waals surface area (Å²) in [7, 11) is 0. The molecule has 126 valence electrons. The summed E-state index contributed by atoms with van der Waals surface area (Å²) in [6, 6.07) is 17.3. The molecule has 4 rings (SSSR count). The highest BCUT2D eigenvalue weighted by molar-refractivity contribution is 5.95. The van der Waals surface area contributed by atoms with Crippen molar-refractivity contribution >= 4 is 5.91 Å². The van der Waals surface area contributed by atoms with E-state index in [9.17, 15) is 4.79 Å². The molecule has 3 heterocycles. The van der Waals surface area contributed by atoms with Gasteiger partial charge in [0.2, 0.25) is 5.88 Å². The fourth-order valence-corrected chi connectivity index (χ4v) is 2.90. The number of hydrogen-bond donors (Lipinski definition) is 0. The Hall–Kier alpha value is -3.08. The molecule has 1 saturated heterocycles. The van der Waals surface area contributed by atoms with E-state index in [0.717, 1.165) is 11.4 Å². The molecule has 0 unspecified atom stereocenters. The number of nitrogens with zero attached hydrogens (tertiary/aromatic N) is 3. The molecule has 0 bridgehead atoms. The predicted octanol–water partition coefficient (Wildman–Crippen LogP) is 3.08. The van der Waals surface area contributed by atoms with Crippen molar-refractivity contribution < 1.29 is 9.53 Å². The molecule has 0 spiro atoms. The first kappa shape index (κ1) is 15.4. The number of aromatic nitrogens is 2. The van der Waals surface area contributed by atoms with Crippen LogP contribution in [0.3, 0.4) is 0 Å². The van der Waals surface area contributed by atoms with Crippen molar-refractivity contribution in [3.05, 3.63) is 78.2 Å². The van der Waals surface area contributed by atoms with Crippen LogP contribution >= 0.6 is 0 Å². The maximum absolute atomic E-state index is 12.5. The summed E-state index contributed by atoms with van der Waals surface area (Å²) in [5, 5.41) is 0. The fourth-order valence-electron chi connectivity index (χ4n) is 2.90. The Balaban J connectivity index is 1.35. The van der Waals surface area contributed by atoms with Gasteiger partial charge in [0.05, 0.1) is 13.1 Å². The van der Waals surface area contributed by atoms with Crippen molar-refractivity contribution in [3.63, 3.8) is 0 Å². The van der Waals surface area contributed by atoms with Gasteiger partial charge < -0.3 is 14.2 Å². The van der Waals surface area contributed by atoms with Crippen molar-refractivity contribution in [2.24, 2.45) is 0 Å². The van der Waals surface area contributed by atoms with E-state index in [1.54, 1.807) is 4.90 Å². The number of rotatable bonds is 4. The largest absolute Gasteiger partial charge is 0.471 e. The van der Waals surface area contributed by atoms with Gasteiger partial charge >= 0.3 is 0 Å². The average Bonchev–Trinajstić information content (AvgIpc) is 3.12. The van der Waals surface area contributed by atoms with Gasteiger partial charge in [-0.05, 0) is 49.4 Å². The van der Waals surface area contributed by atoms with E-state index in [0.29, 0.717) is 24.5 Å². The van der Waals surface area contributed by atoms with Crippen LogP contribution < -0.4 is 4.74 Å².